The smallest absolute Gasteiger partial charge is 0.127 e. The first-order chi connectivity index (χ1) is 7.26. The molecule has 1 atom stereocenters. The Morgan fingerprint density at radius 3 is 3.00 bits per heavy atom. The quantitative estimate of drug-likeness (QED) is 0.703. The van der Waals surface area contributed by atoms with E-state index in [1.54, 1.807) is 0 Å². The van der Waals surface area contributed by atoms with Gasteiger partial charge in [0.2, 0.25) is 0 Å². The largest absolute Gasteiger partial charge is 0.371 e. The Hall–Kier alpha value is -1.31. The van der Waals surface area contributed by atoms with Gasteiger partial charge >= 0.3 is 0 Å². The second-order valence-electron chi connectivity index (χ2n) is 4.14. The second kappa shape index (κ2) is 4.05. The van der Waals surface area contributed by atoms with Gasteiger partial charge in [0.25, 0.3) is 0 Å². The molecular formula is C13H17NO. The lowest BCUT2D eigenvalue weighted by Gasteiger charge is -2.17. The number of carbonyl (C=O) groups excluding carboxylic acids is 1. The van der Waals surface area contributed by atoms with E-state index in [0.717, 1.165) is 31.4 Å². The molecule has 0 bridgehead atoms. The van der Waals surface area contributed by atoms with Gasteiger partial charge in [-0.15, -0.1) is 0 Å². The molecule has 1 aromatic carbocycles. The third kappa shape index (κ3) is 1.76. The predicted octanol–water partition coefficient (Wildman–Crippen LogP) is 2.37. The topological polar surface area (TPSA) is 20.3 Å². The fourth-order valence-corrected chi connectivity index (χ4v) is 2.18. The summed E-state index contributed by atoms with van der Waals surface area (Å²) < 4.78 is 0. The van der Waals surface area contributed by atoms with E-state index in [2.05, 4.69) is 30.0 Å². The summed E-state index contributed by atoms with van der Waals surface area (Å²) in [6, 6.07) is 6.41. The zero-order valence-corrected chi connectivity index (χ0v) is 9.36. The second-order valence-corrected chi connectivity index (χ2v) is 4.14. The standard InChI is InChI=1S/C13H17NO/c1-3-14-7-6-12-8-11(10(2)9-15)4-5-13(12)14/h4-5,8-10H,3,6-7H2,1-2H3. The molecule has 1 unspecified atom stereocenters. The molecule has 1 aromatic rings. The van der Waals surface area contributed by atoms with Crippen LogP contribution in [0.25, 0.3) is 0 Å². The van der Waals surface area contributed by atoms with Gasteiger partial charge < -0.3 is 9.69 Å². The van der Waals surface area contributed by atoms with E-state index >= 15 is 0 Å². The molecule has 0 N–H and O–H groups in total. The van der Waals surface area contributed by atoms with E-state index < -0.39 is 0 Å². The van der Waals surface area contributed by atoms with Crippen molar-refractivity contribution in [2.24, 2.45) is 0 Å². The Kier molecular flexibility index (Phi) is 2.76. The summed E-state index contributed by atoms with van der Waals surface area (Å²) in [4.78, 5) is 13.1. The van der Waals surface area contributed by atoms with Gasteiger partial charge in [-0.2, -0.15) is 0 Å². The van der Waals surface area contributed by atoms with Crippen LogP contribution in [0.1, 0.15) is 30.9 Å². The minimum Gasteiger partial charge on any atom is -0.371 e. The van der Waals surface area contributed by atoms with Gasteiger partial charge in [0.1, 0.15) is 6.29 Å². The number of nitrogens with zero attached hydrogens (tertiary/aromatic N) is 1. The summed E-state index contributed by atoms with van der Waals surface area (Å²) >= 11 is 0. The first-order valence-corrected chi connectivity index (χ1v) is 5.59. The molecule has 0 amide bonds. The molecule has 1 aliphatic heterocycles. The number of anilines is 1. The van der Waals surface area contributed by atoms with Crippen molar-refractivity contribution >= 4 is 12.0 Å². The molecule has 15 heavy (non-hydrogen) atoms. The molecule has 0 saturated heterocycles. The van der Waals surface area contributed by atoms with Crippen LogP contribution in [0.2, 0.25) is 0 Å². The van der Waals surface area contributed by atoms with Crippen LogP contribution in [0.4, 0.5) is 5.69 Å². The van der Waals surface area contributed by atoms with Crippen LogP contribution in [0.15, 0.2) is 18.2 Å². The van der Waals surface area contributed by atoms with Crippen molar-refractivity contribution in [1.82, 2.24) is 0 Å². The van der Waals surface area contributed by atoms with Crippen molar-refractivity contribution in [2.75, 3.05) is 18.0 Å². The molecule has 0 fully saturated rings. The predicted molar refractivity (Wildman–Crippen MR) is 62.5 cm³/mol. The maximum atomic E-state index is 10.7. The van der Waals surface area contributed by atoms with Gasteiger partial charge in [0.15, 0.2) is 0 Å². The Morgan fingerprint density at radius 1 is 1.53 bits per heavy atom. The van der Waals surface area contributed by atoms with Crippen molar-refractivity contribution in [3.63, 3.8) is 0 Å². The van der Waals surface area contributed by atoms with Gasteiger partial charge in [-0.1, -0.05) is 19.1 Å². The highest BCUT2D eigenvalue weighted by Gasteiger charge is 2.18. The van der Waals surface area contributed by atoms with Crippen molar-refractivity contribution in [3.8, 4) is 0 Å². The molecule has 2 nitrogen and oxygen atoms in total. The Morgan fingerprint density at radius 2 is 2.33 bits per heavy atom. The summed E-state index contributed by atoms with van der Waals surface area (Å²) in [6.07, 6.45) is 2.12. The number of benzene rings is 1. The van der Waals surface area contributed by atoms with E-state index in [-0.39, 0.29) is 5.92 Å². The van der Waals surface area contributed by atoms with E-state index in [1.165, 1.54) is 11.3 Å². The molecule has 0 radical (unpaired) electrons. The fourth-order valence-electron chi connectivity index (χ4n) is 2.18. The summed E-state index contributed by atoms with van der Waals surface area (Å²) in [7, 11) is 0. The normalized spacial score (nSPS) is 16.3. The third-order valence-corrected chi connectivity index (χ3v) is 3.21. The monoisotopic (exact) mass is 203 g/mol. The Balaban J connectivity index is 2.32. The van der Waals surface area contributed by atoms with Gasteiger partial charge in [-0.25, -0.2) is 0 Å². The molecule has 0 saturated carbocycles. The highest BCUT2D eigenvalue weighted by Crippen LogP contribution is 2.30. The van der Waals surface area contributed by atoms with E-state index in [1.807, 2.05) is 6.92 Å². The zero-order valence-electron chi connectivity index (χ0n) is 9.36. The zero-order chi connectivity index (χ0) is 10.8. The molecule has 80 valence electrons. The lowest BCUT2D eigenvalue weighted by Crippen LogP contribution is -2.19. The van der Waals surface area contributed by atoms with E-state index in [9.17, 15) is 4.79 Å². The van der Waals surface area contributed by atoms with Crippen LogP contribution in [-0.4, -0.2) is 19.4 Å². The van der Waals surface area contributed by atoms with Gasteiger partial charge in [-0.3, -0.25) is 0 Å². The highest BCUT2D eigenvalue weighted by atomic mass is 16.1. The average molecular weight is 203 g/mol. The lowest BCUT2D eigenvalue weighted by molar-refractivity contribution is -0.108. The van der Waals surface area contributed by atoms with Crippen molar-refractivity contribution in [3.05, 3.63) is 29.3 Å². The number of hydrogen-bond acceptors (Lipinski definition) is 2. The third-order valence-electron chi connectivity index (χ3n) is 3.21. The maximum absolute atomic E-state index is 10.7. The van der Waals surface area contributed by atoms with Crippen molar-refractivity contribution < 1.29 is 4.79 Å². The van der Waals surface area contributed by atoms with Crippen LogP contribution >= 0.6 is 0 Å². The van der Waals surface area contributed by atoms with Crippen molar-refractivity contribution in [1.29, 1.82) is 0 Å². The molecule has 0 aromatic heterocycles. The van der Waals surface area contributed by atoms with Crippen molar-refractivity contribution in [2.45, 2.75) is 26.2 Å². The summed E-state index contributed by atoms with van der Waals surface area (Å²) in [5, 5.41) is 0. The average Bonchev–Trinajstić information content (AvgIpc) is 2.69. The highest BCUT2D eigenvalue weighted by molar-refractivity contribution is 5.65. The SMILES string of the molecule is CCN1CCc2cc(C(C)C=O)ccc21. The van der Waals surface area contributed by atoms with Gasteiger partial charge in [0.05, 0.1) is 0 Å². The molecule has 2 heteroatoms. The number of carbonyl (C=O) groups is 1. The number of fused-ring (bicyclic) bond motifs is 1. The van der Waals surface area contributed by atoms with Crippen LogP contribution < -0.4 is 4.90 Å². The number of hydrogen-bond donors (Lipinski definition) is 0. The summed E-state index contributed by atoms with van der Waals surface area (Å²) in [6.45, 7) is 6.30. The molecule has 1 heterocycles. The Bertz CT molecular complexity index is 373. The number of likely N-dealkylation sites (N-methyl/N-ethyl adjacent to an activating group) is 1. The van der Waals surface area contributed by atoms with Crippen LogP contribution in [0, 0.1) is 0 Å². The maximum Gasteiger partial charge on any atom is 0.127 e. The summed E-state index contributed by atoms with van der Waals surface area (Å²) in [5.74, 6) is 0.0194. The fraction of sp³-hybridized carbons (Fsp3) is 0.462. The minimum absolute atomic E-state index is 0.0194. The molecular weight excluding hydrogens is 186 g/mol. The Labute approximate surface area is 90.9 Å². The summed E-state index contributed by atoms with van der Waals surface area (Å²) in [5.41, 5.74) is 3.88. The van der Waals surface area contributed by atoms with E-state index in [0.29, 0.717) is 0 Å². The lowest BCUT2D eigenvalue weighted by atomic mass is 9.99. The molecule has 0 aliphatic carbocycles. The number of aldehydes is 1. The molecule has 1 aliphatic rings. The van der Waals surface area contributed by atoms with Gasteiger partial charge in [-0.05, 0) is 30.5 Å². The molecule has 0 spiro atoms. The number of rotatable bonds is 3. The van der Waals surface area contributed by atoms with Crippen LogP contribution in [-0.2, 0) is 11.2 Å². The van der Waals surface area contributed by atoms with Crippen LogP contribution in [0.3, 0.4) is 0 Å². The minimum atomic E-state index is 0.0194. The first kappa shape index (κ1) is 10.2. The van der Waals surface area contributed by atoms with E-state index in [4.69, 9.17) is 0 Å². The molecule has 2 rings (SSSR count). The first-order valence-electron chi connectivity index (χ1n) is 5.59. The van der Waals surface area contributed by atoms with Gasteiger partial charge in [0, 0.05) is 24.7 Å². The van der Waals surface area contributed by atoms with Crippen LogP contribution in [0.5, 0.6) is 0 Å².